The lowest BCUT2D eigenvalue weighted by molar-refractivity contribution is 0.0715. The number of hydrogen-bond acceptors (Lipinski definition) is 4. The normalized spacial score (nSPS) is 15.2. The average Bonchev–Trinajstić information content (AvgIpc) is 3.22. The fourth-order valence-electron chi connectivity index (χ4n) is 4.53. The highest BCUT2D eigenvalue weighted by atomic mass is 16.2. The molecule has 0 aliphatic carbocycles. The van der Waals surface area contributed by atoms with Gasteiger partial charge in [-0.15, -0.1) is 0 Å². The van der Waals surface area contributed by atoms with E-state index in [1.165, 1.54) is 16.3 Å². The van der Waals surface area contributed by atoms with E-state index >= 15 is 0 Å². The monoisotopic (exact) mass is 399 g/mol. The number of fused-ring (bicyclic) bond motifs is 2. The van der Waals surface area contributed by atoms with Gasteiger partial charge in [0, 0.05) is 25.5 Å². The number of nitrogens with two attached hydrogens (primary N) is 1. The minimum Gasteiger partial charge on any atom is -0.338 e. The quantitative estimate of drug-likeness (QED) is 0.571. The van der Waals surface area contributed by atoms with Crippen LogP contribution in [0.15, 0.2) is 61.1 Å². The Hall–Kier alpha value is -3.25. The molecule has 3 heterocycles. The van der Waals surface area contributed by atoms with E-state index < -0.39 is 0 Å². The molecule has 0 bridgehead atoms. The number of aromatic nitrogens is 3. The molecule has 1 saturated heterocycles. The Balaban J connectivity index is 1.33. The third-order valence-corrected chi connectivity index (χ3v) is 6.12. The maximum atomic E-state index is 13.2. The lowest BCUT2D eigenvalue weighted by Crippen LogP contribution is -2.38. The summed E-state index contributed by atoms with van der Waals surface area (Å²) in [6.07, 6.45) is 7.99. The molecule has 4 aromatic rings. The van der Waals surface area contributed by atoms with E-state index in [4.69, 9.17) is 5.73 Å². The number of benzene rings is 2. The number of piperidine rings is 1. The van der Waals surface area contributed by atoms with Crippen LogP contribution in [0.3, 0.4) is 0 Å². The van der Waals surface area contributed by atoms with Crippen molar-refractivity contribution in [1.82, 2.24) is 19.5 Å². The molecule has 0 atom stereocenters. The zero-order valence-electron chi connectivity index (χ0n) is 16.9. The molecular formula is C24H25N5O. The van der Waals surface area contributed by atoms with E-state index in [1.807, 2.05) is 11.1 Å². The molecule has 2 aromatic carbocycles. The molecule has 6 heteroatoms. The molecule has 0 radical (unpaired) electrons. The van der Waals surface area contributed by atoms with Gasteiger partial charge in [0.05, 0.1) is 6.20 Å². The maximum Gasteiger partial charge on any atom is 0.259 e. The summed E-state index contributed by atoms with van der Waals surface area (Å²) in [7, 11) is 0. The fraction of sp³-hybridized carbons (Fsp3) is 0.292. The minimum atomic E-state index is 0.0143. The van der Waals surface area contributed by atoms with Gasteiger partial charge < -0.3 is 10.6 Å². The first-order valence-electron chi connectivity index (χ1n) is 10.5. The van der Waals surface area contributed by atoms with E-state index in [2.05, 4.69) is 52.5 Å². The summed E-state index contributed by atoms with van der Waals surface area (Å²) in [4.78, 5) is 19.6. The second-order valence-electron chi connectivity index (χ2n) is 7.96. The molecule has 1 aliphatic heterocycles. The number of nitrogens with zero attached hydrogens (tertiary/aromatic N) is 4. The smallest absolute Gasteiger partial charge is 0.259 e. The van der Waals surface area contributed by atoms with Crippen molar-refractivity contribution in [2.24, 2.45) is 5.73 Å². The van der Waals surface area contributed by atoms with Gasteiger partial charge >= 0.3 is 0 Å². The Morgan fingerprint density at radius 3 is 2.70 bits per heavy atom. The van der Waals surface area contributed by atoms with Crippen LogP contribution in [-0.2, 0) is 6.42 Å². The van der Waals surface area contributed by atoms with E-state index in [0.29, 0.717) is 23.7 Å². The molecule has 5 rings (SSSR count). The van der Waals surface area contributed by atoms with Crippen molar-refractivity contribution in [3.05, 3.63) is 77.7 Å². The number of hydrogen-bond donors (Lipinski definition) is 1. The third kappa shape index (κ3) is 3.33. The lowest BCUT2D eigenvalue weighted by Gasteiger charge is -2.32. The number of carbonyl (C=O) groups is 1. The lowest BCUT2D eigenvalue weighted by atomic mass is 9.86. The van der Waals surface area contributed by atoms with Gasteiger partial charge in [-0.3, -0.25) is 4.79 Å². The molecule has 0 saturated carbocycles. The Morgan fingerprint density at radius 2 is 1.87 bits per heavy atom. The van der Waals surface area contributed by atoms with Crippen LogP contribution in [0.2, 0.25) is 0 Å². The summed E-state index contributed by atoms with van der Waals surface area (Å²) < 4.78 is 1.68. The fourth-order valence-corrected chi connectivity index (χ4v) is 4.53. The van der Waals surface area contributed by atoms with Crippen LogP contribution in [0.25, 0.3) is 16.4 Å². The second-order valence-corrected chi connectivity index (χ2v) is 7.96. The van der Waals surface area contributed by atoms with Crippen molar-refractivity contribution >= 4 is 22.3 Å². The predicted molar refractivity (Wildman–Crippen MR) is 118 cm³/mol. The van der Waals surface area contributed by atoms with Gasteiger partial charge in [0.25, 0.3) is 5.91 Å². The van der Waals surface area contributed by atoms with Gasteiger partial charge in [0.2, 0.25) is 0 Å². The van der Waals surface area contributed by atoms with Gasteiger partial charge in [-0.05, 0) is 53.6 Å². The zero-order valence-corrected chi connectivity index (χ0v) is 16.9. The SMILES string of the molecule is NCCc1cnc2c(C(=O)N3CCC(c4cccc5ccccc45)CC3)cnn2c1. The van der Waals surface area contributed by atoms with Crippen molar-refractivity contribution in [3.8, 4) is 0 Å². The van der Waals surface area contributed by atoms with Crippen molar-refractivity contribution in [2.45, 2.75) is 25.2 Å². The van der Waals surface area contributed by atoms with Gasteiger partial charge in [-0.1, -0.05) is 42.5 Å². The van der Waals surface area contributed by atoms with Gasteiger partial charge in [-0.25, -0.2) is 9.50 Å². The molecule has 1 amide bonds. The summed E-state index contributed by atoms with van der Waals surface area (Å²) in [5.74, 6) is 0.487. The van der Waals surface area contributed by atoms with E-state index in [9.17, 15) is 4.79 Å². The predicted octanol–water partition coefficient (Wildman–Crippen LogP) is 3.40. The van der Waals surface area contributed by atoms with Gasteiger partial charge in [0.15, 0.2) is 5.65 Å². The Bertz CT molecular complexity index is 1200. The first-order chi connectivity index (χ1) is 14.7. The zero-order chi connectivity index (χ0) is 20.5. The van der Waals surface area contributed by atoms with Crippen molar-refractivity contribution in [1.29, 1.82) is 0 Å². The molecule has 1 fully saturated rings. The molecular weight excluding hydrogens is 374 g/mol. The summed E-state index contributed by atoms with van der Waals surface area (Å²) in [5, 5.41) is 6.94. The highest BCUT2D eigenvalue weighted by Gasteiger charge is 2.27. The Kier molecular flexibility index (Phi) is 4.93. The minimum absolute atomic E-state index is 0.0143. The first-order valence-corrected chi connectivity index (χ1v) is 10.5. The highest BCUT2D eigenvalue weighted by Crippen LogP contribution is 2.33. The highest BCUT2D eigenvalue weighted by molar-refractivity contribution is 5.99. The topological polar surface area (TPSA) is 76.5 Å². The van der Waals surface area contributed by atoms with Crippen LogP contribution >= 0.6 is 0 Å². The van der Waals surface area contributed by atoms with Crippen molar-refractivity contribution < 1.29 is 4.79 Å². The summed E-state index contributed by atoms with van der Waals surface area (Å²) in [6, 6.07) is 15.1. The van der Waals surface area contributed by atoms with E-state index in [0.717, 1.165) is 37.9 Å². The van der Waals surface area contributed by atoms with Crippen LogP contribution in [-0.4, -0.2) is 45.0 Å². The third-order valence-electron chi connectivity index (χ3n) is 6.12. The molecule has 2 N–H and O–H groups in total. The van der Waals surface area contributed by atoms with Gasteiger partial charge in [0.1, 0.15) is 5.56 Å². The molecule has 6 nitrogen and oxygen atoms in total. The summed E-state index contributed by atoms with van der Waals surface area (Å²) in [6.45, 7) is 2.05. The second kappa shape index (κ2) is 7.88. The van der Waals surface area contributed by atoms with E-state index in [-0.39, 0.29) is 5.91 Å². The van der Waals surface area contributed by atoms with Crippen LogP contribution in [0, 0.1) is 0 Å². The average molecular weight is 399 g/mol. The summed E-state index contributed by atoms with van der Waals surface area (Å²) >= 11 is 0. The van der Waals surface area contributed by atoms with Crippen LogP contribution in [0.4, 0.5) is 0 Å². The van der Waals surface area contributed by atoms with Crippen LogP contribution in [0.5, 0.6) is 0 Å². The summed E-state index contributed by atoms with van der Waals surface area (Å²) in [5.41, 5.74) is 9.21. The number of likely N-dealkylation sites (tertiary alicyclic amines) is 1. The molecule has 2 aromatic heterocycles. The maximum absolute atomic E-state index is 13.2. The van der Waals surface area contributed by atoms with E-state index in [1.54, 1.807) is 16.9 Å². The molecule has 30 heavy (non-hydrogen) atoms. The number of amides is 1. The van der Waals surface area contributed by atoms with Crippen LogP contribution in [0.1, 0.15) is 40.2 Å². The number of rotatable bonds is 4. The van der Waals surface area contributed by atoms with Gasteiger partial charge in [-0.2, -0.15) is 5.10 Å². The largest absolute Gasteiger partial charge is 0.338 e. The molecule has 0 spiro atoms. The Morgan fingerprint density at radius 1 is 1.07 bits per heavy atom. The molecule has 1 aliphatic rings. The standard InChI is InChI=1S/C24H25N5O/c25-11-8-17-14-26-23-22(15-27-29(23)16-17)24(30)28-12-9-19(10-13-28)21-7-3-5-18-4-1-2-6-20(18)21/h1-7,14-16,19H,8-13,25H2. The number of carbonyl (C=O) groups excluding carboxylic acids is 1. The van der Waals surface area contributed by atoms with Crippen molar-refractivity contribution in [3.63, 3.8) is 0 Å². The Labute approximate surface area is 175 Å². The first kappa shape index (κ1) is 18.8. The van der Waals surface area contributed by atoms with Crippen molar-refractivity contribution in [2.75, 3.05) is 19.6 Å². The molecule has 152 valence electrons. The van der Waals surface area contributed by atoms with Crippen LogP contribution < -0.4 is 5.73 Å². The molecule has 0 unspecified atom stereocenters.